The van der Waals surface area contributed by atoms with Crippen molar-refractivity contribution in [3.8, 4) is 0 Å². The van der Waals surface area contributed by atoms with E-state index in [4.69, 9.17) is 9.97 Å². The second kappa shape index (κ2) is 8.16. The van der Waals surface area contributed by atoms with Crippen LogP contribution in [0, 0.1) is 6.92 Å². The van der Waals surface area contributed by atoms with Crippen LogP contribution in [0.1, 0.15) is 25.1 Å². The number of piperazine rings is 1. The number of rotatable bonds is 4. The van der Waals surface area contributed by atoms with Crippen LogP contribution in [0.2, 0.25) is 0 Å². The average Bonchev–Trinajstić information content (AvgIpc) is 2.74. The highest BCUT2D eigenvalue weighted by Gasteiger charge is 2.22. The van der Waals surface area contributed by atoms with Crippen molar-refractivity contribution < 1.29 is 0 Å². The second-order valence-electron chi connectivity index (χ2n) is 7.76. The van der Waals surface area contributed by atoms with Crippen LogP contribution in [0.4, 0.5) is 23.4 Å². The highest BCUT2D eigenvalue weighted by molar-refractivity contribution is 5.52. The third-order valence-corrected chi connectivity index (χ3v) is 5.46. The SMILES string of the molecule is Cc1nc(N2CCCCC2)cc(N2CCN(c3nccc(N(C)C)n3)CC2)n1. The molecule has 0 amide bonds. The zero-order valence-corrected chi connectivity index (χ0v) is 17.2. The Bertz CT molecular complexity index is 795. The van der Waals surface area contributed by atoms with E-state index in [0.29, 0.717) is 0 Å². The monoisotopic (exact) mass is 382 g/mol. The van der Waals surface area contributed by atoms with Crippen LogP contribution < -0.4 is 19.6 Å². The summed E-state index contributed by atoms with van der Waals surface area (Å²) in [5.41, 5.74) is 0. The molecule has 0 unspecified atom stereocenters. The summed E-state index contributed by atoms with van der Waals surface area (Å²) in [5.74, 6) is 4.70. The van der Waals surface area contributed by atoms with Crippen molar-refractivity contribution in [2.75, 3.05) is 73.0 Å². The number of hydrogen-bond acceptors (Lipinski definition) is 8. The van der Waals surface area contributed by atoms with Crippen LogP contribution in [-0.4, -0.2) is 73.3 Å². The molecule has 8 nitrogen and oxygen atoms in total. The normalized spacial score (nSPS) is 17.8. The number of aryl methyl sites for hydroxylation is 1. The van der Waals surface area contributed by atoms with E-state index in [0.717, 1.165) is 68.5 Å². The molecule has 4 heterocycles. The Balaban J connectivity index is 1.45. The zero-order valence-electron chi connectivity index (χ0n) is 17.2. The molecule has 0 spiro atoms. The van der Waals surface area contributed by atoms with E-state index in [1.165, 1.54) is 19.3 Å². The van der Waals surface area contributed by atoms with E-state index in [1.54, 1.807) is 0 Å². The van der Waals surface area contributed by atoms with Gasteiger partial charge in [0, 0.05) is 65.6 Å². The summed E-state index contributed by atoms with van der Waals surface area (Å²) in [4.78, 5) is 27.6. The van der Waals surface area contributed by atoms with Gasteiger partial charge in [-0.3, -0.25) is 0 Å². The summed E-state index contributed by atoms with van der Waals surface area (Å²) in [6.45, 7) is 7.79. The Morgan fingerprint density at radius 2 is 1.39 bits per heavy atom. The Kier molecular flexibility index (Phi) is 5.45. The van der Waals surface area contributed by atoms with E-state index in [-0.39, 0.29) is 0 Å². The van der Waals surface area contributed by atoms with Crippen molar-refractivity contribution in [3.05, 3.63) is 24.2 Å². The fraction of sp³-hybridized carbons (Fsp3) is 0.600. The highest BCUT2D eigenvalue weighted by atomic mass is 15.3. The molecule has 0 aromatic carbocycles. The van der Waals surface area contributed by atoms with Crippen molar-refractivity contribution in [1.29, 1.82) is 0 Å². The van der Waals surface area contributed by atoms with Gasteiger partial charge in [0.1, 0.15) is 23.3 Å². The molecule has 28 heavy (non-hydrogen) atoms. The molecule has 0 N–H and O–H groups in total. The van der Waals surface area contributed by atoms with E-state index >= 15 is 0 Å². The molecule has 2 saturated heterocycles. The molecule has 2 aliphatic rings. The van der Waals surface area contributed by atoms with E-state index < -0.39 is 0 Å². The molecule has 0 aliphatic carbocycles. The van der Waals surface area contributed by atoms with Gasteiger partial charge in [0.2, 0.25) is 5.95 Å². The lowest BCUT2D eigenvalue weighted by molar-refractivity contribution is 0.571. The van der Waals surface area contributed by atoms with Crippen molar-refractivity contribution in [1.82, 2.24) is 19.9 Å². The van der Waals surface area contributed by atoms with Gasteiger partial charge in [0.25, 0.3) is 0 Å². The first-order valence-corrected chi connectivity index (χ1v) is 10.2. The van der Waals surface area contributed by atoms with Crippen molar-refractivity contribution >= 4 is 23.4 Å². The lowest BCUT2D eigenvalue weighted by atomic mass is 10.1. The van der Waals surface area contributed by atoms with Gasteiger partial charge in [-0.2, -0.15) is 4.98 Å². The third kappa shape index (κ3) is 4.10. The van der Waals surface area contributed by atoms with Crippen LogP contribution in [0.25, 0.3) is 0 Å². The van der Waals surface area contributed by atoms with Crippen LogP contribution in [0.5, 0.6) is 0 Å². The Morgan fingerprint density at radius 3 is 2.04 bits per heavy atom. The summed E-state index contributed by atoms with van der Waals surface area (Å²) >= 11 is 0. The van der Waals surface area contributed by atoms with Gasteiger partial charge in [-0.1, -0.05) is 0 Å². The number of anilines is 4. The first-order valence-electron chi connectivity index (χ1n) is 10.2. The minimum atomic E-state index is 0.804. The van der Waals surface area contributed by atoms with Gasteiger partial charge in [-0.25, -0.2) is 15.0 Å². The summed E-state index contributed by atoms with van der Waals surface area (Å²) in [5, 5.41) is 0. The first-order chi connectivity index (χ1) is 13.6. The molecule has 0 bridgehead atoms. The molecule has 2 aromatic rings. The highest BCUT2D eigenvalue weighted by Crippen LogP contribution is 2.24. The number of nitrogens with zero attached hydrogens (tertiary/aromatic N) is 8. The van der Waals surface area contributed by atoms with Gasteiger partial charge in [-0.15, -0.1) is 0 Å². The molecular formula is C20H30N8. The smallest absolute Gasteiger partial charge is 0.227 e. The molecule has 0 radical (unpaired) electrons. The topological polar surface area (TPSA) is 64.5 Å². The van der Waals surface area contributed by atoms with Crippen LogP contribution in [0.15, 0.2) is 18.3 Å². The maximum Gasteiger partial charge on any atom is 0.227 e. The predicted octanol–water partition coefficient (Wildman–Crippen LogP) is 1.96. The number of aromatic nitrogens is 4. The molecule has 8 heteroatoms. The molecule has 4 rings (SSSR count). The number of hydrogen-bond donors (Lipinski definition) is 0. The molecule has 150 valence electrons. The lowest BCUT2D eigenvalue weighted by Gasteiger charge is -2.36. The molecular weight excluding hydrogens is 352 g/mol. The summed E-state index contributed by atoms with van der Waals surface area (Å²) in [6.07, 6.45) is 5.67. The minimum absolute atomic E-state index is 0.804. The lowest BCUT2D eigenvalue weighted by Crippen LogP contribution is -2.47. The van der Waals surface area contributed by atoms with Crippen molar-refractivity contribution in [2.45, 2.75) is 26.2 Å². The Labute approximate surface area is 167 Å². The Hall–Kier alpha value is -2.64. The van der Waals surface area contributed by atoms with Gasteiger partial charge in [-0.05, 0) is 32.3 Å². The summed E-state index contributed by atoms with van der Waals surface area (Å²) in [6, 6.07) is 4.10. The predicted molar refractivity (Wildman–Crippen MR) is 114 cm³/mol. The molecule has 2 aliphatic heterocycles. The van der Waals surface area contributed by atoms with E-state index in [9.17, 15) is 0 Å². The van der Waals surface area contributed by atoms with Gasteiger partial charge in [0.05, 0.1) is 0 Å². The van der Waals surface area contributed by atoms with Crippen LogP contribution in [0.3, 0.4) is 0 Å². The largest absolute Gasteiger partial charge is 0.363 e. The zero-order chi connectivity index (χ0) is 19.5. The second-order valence-corrected chi connectivity index (χ2v) is 7.76. The standard InChI is InChI=1S/C20H30N8/c1-16-22-18(26-9-5-4-6-10-26)15-19(23-16)27-11-13-28(14-12-27)20-21-8-7-17(24-20)25(2)3/h7-8,15H,4-6,9-14H2,1-3H3. The van der Waals surface area contributed by atoms with Gasteiger partial charge < -0.3 is 19.6 Å². The summed E-state index contributed by atoms with van der Waals surface area (Å²) in [7, 11) is 4.00. The maximum atomic E-state index is 4.72. The van der Waals surface area contributed by atoms with Gasteiger partial charge in [0.15, 0.2) is 0 Å². The van der Waals surface area contributed by atoms with E-state index in [1.807, 2.05) is 38.2 Å². The number of piperidine rings is 1. The third-order valence-electron chi connectivity index (χ3n) is 5.46. The molecule has 2 aromatic heterocycles. The van der Waals surface area contributed by atoms with Crippen molar-refractivity contribution in [2.24, 2.45) is 0 Å². The quantitative estimate of drug-likeness (QED) is 0.795. The molecule has 2 fully saturated rings. The van der Waals surface area contributed by atoms with Gasteiger partial charge >= 0.3 is 0 Å². The molecule has 0 atom stereocenters. The average molecular weight is 383 g/mol. The van der Waals surface area contributed by atoms with Crippen molar-refractivity contribution in [3.63, 3.8) is 0 Å². The Morgan fingerprint density at radius 1 is 0.786 bits per heavy atom. The van der Waals surface area contributed by atoms with E-state index in [2.05, 4.69) is 30.7 Å². The van der Waals surface area contributed by atoms with Crippen LogP contribution in [-0.2, 0) is 0 Å². The molecule has 0 saturated carbocycles. The summed E-state index contributed by atoms with van der Waals surface area (Å²) < 4.78 is 0. The first kappa shape index (κ1) is 18.7. The maximum absolute atomic E-state index is 4.72. The van der Waals surface area contributed by atoms with Crippen LogP contribution >= 0.6 is 0 Å². The minimum Gasteiger partial charge on any atom is -0.363 e. The fourth-order valence-corrected chi connectivity index (χ4v) is 3.86. The fourth-order valence-electron chi connectivity index (χ4n) is 3.86.